The Morgan fingerprint density at radius 1 is 1.18 bits per heavy atom. The van der Waals surface area contributed by atoms with Gasteiger partial charge in [-0.15, -0.1) is 13.2 Å². The summed E-state index contributed by atoms with van der Waals surface area (Å²) in [6.07, 6.45) is -5.19. The van der Waals surface area contributed by atoms with Gasteiger partial charge in [0.1, 0.15) is 22.9 Å². The molecule has 1 saturated carbocycles. The normalized spacial score (nSPS) is 22.0. The molecule has 0 spiro atoms. The van der Waals surface area contributed by atoms with Crippen molar-refractivity contribution in [2.24, 2.45) is 0 Å². The Bertz CT molecular complexity index is 1100. The number of nitriles is 1. The van der Waals surface area contributed by atoms with Gasteiger partial charge in [-0.05, 0) is 64.3 Å². The van der Waals surface area contributed by atoms with Crippen LogP contribution in [0.5, 0.6) is 5.75 Å². The molecule has 13 heteroatoms. The lowest BCUT2D eigenvalue weighted by atomic mass is 10.2. The maximum Gasteiger partial charge on any atom is 0.573 e. The summed E-state index contributed by atoms with van der Waals surface area (Å²) in [5.41, 5.74) is -1.93. The molecule has 0 aromatic heterocycles. The summed E-state index contributed by atoms with van der Waals surface area (Å²) < 4.78 is 72.6. The topological polar surface area (TPSA) is 126 Å². The van der Waals surface area contributed by atoms with Crippen LogP contribution in [0.4, 0.5) is 18.0 Å². The van der Waals surface area contributed by atoms with E-state index in [1.807, 2.05) is 6.07 Å². The number of nitrogens with zero attached hydrogens (tertiary/aromatic N) is 2. The molecule has 2 aliphatic rings. The second-order valence-corrected chi connectivity index (χ2v) is 11.5. The van der Waals surface area contributed by atoms with Crippen molar-refractivity contribution in [1.29, 1.82) is 5.26 Å². The minimum atomic E-state index is -4.93. The Kier molecular flexibility index (Phi) is 6.51. The molecule has 0 radical (unpaired) electrons. The molecule has 1 heterocycles. The molecule has 34 heavy (non-hydrogen) atoms. The van der Waals surface area contributed by atoms with E-state index >= 15 is 0 Å². The first-order chi connectivity index (χ1) is 15.6. The monoisotopic (exact) mass is 503 g/mol. The lowest BCUT2D eigenvalue weighted by molar-refractivity contribution is -0.274. The predicted molar refractivity (Wildman–Crippen MR) is 111 cm³/mol. The fraction of sp³-hybridized carbons (Fsp3) is 0.571. The average molecular weight is 503 g/mol. The molecular weight excluding hydrogens is 479 g/mol. The average Bonchev–Trinajstić information content (AvgIpc) is 3.30. The Hall–Kier alpha value is -3.01. The van der Waals surface area contributed by atoms with Crippen molar-refractivity contribution in [3.8, 4) is 11.8 Å². The van der Waals surface area contributed by atoms with Gasteiger partial charge in [0.25, 0.3) is 0 Å². The van der Waals surface area contributed by atoms with Gasteiger partial charge in [0.05, 0.1) is 16.2 Å². The van der Waals surface area contributed by atoms with Crippen molar-refractivity contribution in [3.63, 3.8) is 0 Å². The van der Waals surface area contributed by atoms with Gasteiger partial charge in [0.15, 0.2) is 9.84 Å². The molecule has 9 nitrogen and oxygen atoms in total. The molecule has 1 saturated heterocycles. The predicted octanol–water partition coefficient (Wildman–Crippen LogP) is 2.91. The molecule has 2 fully saturated rings. The number of alkyl halides is 3. The van der Waals surface area contributed by atoms with E-state index in [-0.39, 0.29) is 17.9 Å². The van der Waals surface area contributed by atoms with E-state index in [1.54, 1.807) is 20.8 Å². The quantitative estimate of drug-likeness (QED) is 0.655. The van der Waals surface area contributed by atoms with E-state index in [4.69, 9.17) is 4.74 Å². The van der Waals surface area contributed by atoms with E-state index in [2.05, 4.69) is 10.1 Å². The second kappa shape index (κ2) is 8.65. The SMILES string of the molecule is CC(C)(C)OC(=O)N1C[C@H](S(=O)(=O)c2ccc(OC(F)(F)F)cc2)C[C@H]1C(=O)NC1(C#N)CC1. The molecule has 1 aliphatic carbocycles. The summed E-state index contributed by atoms with van der Waals surface area (Å²) in [5, 5.41) is 10.6. The number of hydrogen-bond acceptors (Lipinski definition) is 7. The molecule has 0 bridgehead atoms. The number of amides is 2. The highest BCUT2D eigenvalue weighted by molar-refractivity contribution is 7.92. The standard InChI is InChI=1S/C21H24F3N3O6S/c1-19(2,3)33-18(29)27-11-15(10-16(27)17(28)26-20(12-25)8-9-20)34(30,31)14-6-4-13(5-7-14)32-21(22,23)24/h4-7,15-16H,8-11H2,1-3H3,(H,26,28)/t15-,16+/m1/s1. The lowest BCUT2D eigenvalue weighted by Gasteiger charge is -2.28. The molecule has 186 valence electrons. The summed E-state index contributed by atoms with van der Waals surface area (Å²) in [4.78, 5) is 26.4. The Morgan fingerprint density at radius 3 is 2.24 bits per heavy atom. The minimum absolute atomic E-state index is 0.268. The van der Waals surface area contributed by atoms with E-state index in [9.17, 15) is 36.4 Å². The number of sulfone groups is 1. The van der Waals surface area contributed by atoms with Crippen molar-refractivity contribution in [2.75, 3.05) is 6.54 Å². The lowest BCUT2D eigenvalue weighted by Crippen LogP contribution is -2.50. The molecule has 3 rings (SSSR count). The number of carbonyl (C=O) groups is 2. The Balaban J connectivity index is 1.84. The molecule has 1 aromatic carbocycles. The minimum Gasteiger partial charge on any atom is -0.444 e. The van der Waals surface area contributed by atoms with Crippen LogP contribution in [-0.4, -0.2) is 60.7 Å². The van der Waals surface area contributed by atoms with Gasteiger partial charge in [-0.25, -0.2) is 13.2 Å². The summed E-state index contributed by atoms with van der Waals surface area (Å²) >= 11 is 0. The van der Waals surface area contributed by atoms with E-state index in [0.29, 0.717) is 12.8 Å². The molecule has 2 atom stereocenters. The van der Waals surface area contributed by atoms with Gasteiger partial charge >= 0.3 is 12.5 Å². The van der Waals surface area contributed by atoms with Crippen LogP contribution in [0.2, 0.25) is 0 Å². The van der Waals surface area contributed by atoms with Crippen LogP contribution >= 0.6 is 0 Å². The third-order valence-corrected chi connectivity index (χ3v) is 7.49. The van der Waals surface area contributed by atoms with Gasteiger partial charge < -0.3 is 14.8 Å². The van der Waals surface area contributed by atoms with Crippen molar-refractivity contribution in [3.05, 3.63) is 24.3 Å². The van der Waals surface area contributed by atoms with Crippen molar-refractivity contribution >= 4 is 21.8 Å². The number of rotatable bonds is 5. The Labute approximate surface area is 194 Å². The number of carbonyl (C=O) groups excluding carboxylic acids is 2. The third kappa shape index (κ3) is 5.91. The summed E-state index contributed by atoms with van der Waals surface area (Å²) in [5.74, 6) is -1.26. The molecule has 1 N–H and O–H groups in total. The van der Waals surface area contributed by atoms with Crippen LogP contribution in [0.1, 0.15) is 40.0 Å². The highest BCUT2D eigenvalue weighted by Crippen LogP contribution is 2.36. The number of hydrogen-bond donors (Lipinski definition) is 1. The maximum absolute atomic E-state index is 13.2. The molecule has 1 aliphatic heterocycles. The first kappa shape index (κ1) is 25.6. The second-order valence-electron chi connectivity index (χ2n) is 9.25. The largest absolute Gasteiger partial charge is 0.573 e. The first-order valence-corrected chi connectivity index (χ1v) is 11.9. The Morgan fingerprint density at radius 2 is 1.76 bits per heavy atom. The third-order valence-electron chi connectivity index (χ3n) is 5.34. The zero-order valence-corrected chi connectivity index (χ0v) is 19.5. The molecule has 0 unspecified atom stereocenters. The first-order valence-electron chi connectivity index (χ1n) is 10.4. The van der Waals surface area contributed by atoms with Crippen LogP contribution < -0.4 is 10.1 Å². The van der Waals surface area contributed by atoms with E-state index in [0.717, 1.165) is 29.2 Å². The zero-order valence-electron chi connectivity index (χ0n) is 18.7. The highest BCUT2D eigenvalue weighted by atomic mass is 32.2. The van der Waals surface area contributed by atoms with Crippen molar-refractivity contribution in [2.45, 2.75) is 73.7 Å². The number of nitrogens with one attached hydrogen (secondary N) is 1. The molecule has 2 amide bonds. The molecule has 1 aromatic rings. The van der Waals surface area contributed by atoms with Gasteiger partial charge in [-0.2, -0.15) is 5.26 Å². The van der Waals surface area contributed by atoms with Crippen LogP contribution in [-0.2, 0) is 19.4 Å². The van der Waals surface area contributed by atoms with Crippen LogP contribution in [0, 0.1) is 11.3 Å². The maximum atomic E-state index is 13.2. The van der Waals surface area contributed by atoms with Gasteiger partial charge in [0, 0.05) is 6.54 Å². The van der Waals surface area contributed by atoms with Crippen LogP contribution in [0.15, 0.2) is 29.2 Å². The summed E-state index contributed by atoms with van der Waals surface area (Å²) in [6, 6.07) is 4.48. The van der Waals surface area contributed by atoms with Gasteiger partial charge in [-0.1, -0.05) is 0 Å². The van der Waals surface area contributed by atoms with Crippen molar-refractivity contribution in [1.82, 2.24) is 10.2 Å². The van der Waals surface area contributed by atoms with Crippen molar-refractivity contribution < 1.29 is 40.7 Å². The summed E-state index contributed by atoms with van der Waals surface area (Å²) in [7, 11) is -4.14. The molecular formula is C21H24F3N3O6S. The number of ether oxygens (including phenoxy) is 2. The zero-order chi connectivity index (χ0) is 25.5. The van der Waals surface area contributed by atoms with Gasteiger partial charge in [-0.3, -0.25) is 9.69 Å². The smallest absolute Gasteiger partial charge is 0.444 e. The van der Waals surface area contributed by atoms with E-state index < -0.39 is 56.4 Å². The van der Waals surface area contributed by atoms with E-state index in [1.165, 1.54) is 0 Å². The highest BCUT2D eigenvalue weighted by Gasteiger charge is 2.51. The number of likely N-dealkylation sites (tertiary alicyclic amines) is 1. The van der Waals surface area contributed by atoms with Crippen LogP contribution in [0.3, 0.4) is 0 Å². The fourth-order valence-corrected chi connectivity index (χ4v) is 5.22. The fourth-order valence-electron chi connectivity index (χ4n) is 3.53. The van der Waals surface area contributed by atoms with Gasteiger partial charge in [0.2, 0.25) is 5.91 Å². The summed E-state index contributed by atoms with van der Waals surface area (Å²) in [6.45, 7) is 4.48. The van der Waals surface area contributed by atoms with Crippen LogP contribution in [0.25, 0.3) is 0 Å². The number of halogens is 3. The number of benzene rings is 1.